The van der Waals surface area contributed by atoms with Gasteiger partial charge in [0.25, 0.3) is 0 Å². The van der Waals surface area contributed by atoms with E-state index in [1.807, 2.05) is 0 Å². The van der Waals surface area contributed by atoms with E-state index in [4.69, 9.17) is 0 Å². The van der Waals surface area contributed by atoms with Crippen molar-refractivity contribution in [3.05, 3.63) is 0 Å². The van der Waals surface area contributed by atoms with Crippen molar-refractivity contribution < 1.29 is 9.59 Å². The van der Waals surface area contributed by atoms with Crippen LogP contribution in [-0.2, 0) is 9.59 Å². The Bertz CT molecular complexity index is 287. The molecule has 3 heteroatoms. The maximum Gasteiger partial charge on any atom is 0.233 e. The highest BCUT2D eigenvalue weighted by Gasteiger charge is 2.46. The highest BCUT2D eigenvalue weighted by molar-refractivity contribution is 6.05. The van der Waals surface area contributed by atoms with Crippen LogP contribution in [0.15, 0.2) is 0 Å². The van der Waals surface area contributed by atoms with Crippen LogP contribution in [0.2, 0.25) is 0 Å². The smallest absolute Gasteiger partial charge is 0.233 e. The fourth-order valence-electron chi connectivity index (χ4n) is 2.98. The molecule has 2 fully saturated rings. The van der Waals surface area contributed by atoms with Crippen LogP contribution in [0, 0.1) is 11.3 Å². The topological polar surface area (TPSA) is 46.2 Å². The first-order valence-electron chi connectivity index (χ1n) is 6.00. The summed E-state index contributed by atoms with van der Waals surface area (Å²) in [6, 6.07) is 0. The second-order valence-electron chi connectivity index (χ2n) is 5.04. The third kappa shape index (κ3) is 1.92. The zero-order valence-electron chi connectivity index (χ0n) is 9.34. The van der Waals surface area contributed by atoms with Gasteiger partial charge in [-0.05, 0) is 25.2 Å². The molecule has 2 rings (SSSR count). The lowest BCUT2D eigenvalue weighted by molar-refractivity contribution is -0.129. The molecular formula is C12H19NO2. The van der Waals surface area contributed by atoms with Gasteiger partial charge >= 0.3 is 0 Å². The van der Waals surface area contributed by atoms with Gasteiger partial charge in [-0.1, -0.05) is 26.2 Å². The molecule has 1 aliphatic heterocycles. The summed E-state index contributed by atoms with van der Waals surface area (Å²) in [7, 11) is 0. The molecule has 84 valence electrons. The molecule has 3 nitrogen and oxygen atoms in total. The Morgan fingerprint density at radius 3 is 2.73 bits per heavy atom. The molecule has 1 aliphatic carbocycles. The number of amides is 2. The molecule has 1 N–H and O–H groups in total. The minimum Gasteiger partial charge on any atom is -0.296 e. The van der Waals surface area contributed by atoms with Gasteiger partial charge in [-0.2, -0.15) is 0 Å². The number of imide groups is 1. The Balaban J connectivity index is 2.09. The van der Waals surface area contributed by atoms with Gasteiger partial charge in [0.2, 0.25) is 11.8 Å². The Morgan fingerprint density at radius 1 is 1.33 bits per heavy atom. The van der Waals surface area contributed by atoms with Gasteiger partial charge < -0.3 is 0 Å². The Labute approximate surface area is 90.6 Å². The van der Waals surface area contributed by atoms with Gasteiger partial charge in [0, 0.05) is 6.42 Å². The van der Waals surface area contributed by atoms with E-state index in [1.165, 1.54) is 12.8 Å². The van der Waals surface area contributed by atoms with Crippen LogP contribution in [0.4, 0.5) is 0 Å². The molecule has 0 aromatic rings. The fraction of sp³-hybridized carbons (Fsp3) is 0.833. The van der Waals surface area contributed by atoms with Gasteiger partial charge in [-0.15, -0.1) is 0 Å². The van der Waals surface area contributed by atoms with Crippen LogP contribution in [0.25, 0.3) is 0 Å². The Morgan fingerprint density at radius 2 is 2.13 bits per heavy atom. The monoisotopic (exact) mass is 209 g/mol. The number of hydrogen-bond donors (Lipinski definition) is 1. The highest BCUT2D eigenvalue weighted by Crippen LogP contribution is 2.43. The molecule has 2 atom stereocenters. The molecule has 1 heterocycles. The van der Waals surface area contributed by atoms with Crippen LogP contribution in [0.1, 0.15) is 51.9 Å². The van der Waals surface area contributed by atoms with Crippen LogP contribution in [0.5, 0.6) is 0 Å². The summed E-state index contributed by atoms with van der Waals surface area (Å²) in [4.78, 5) is 23.0. The van der Waals surface area contributed by atoms with Gasteiger partial charge in [-0.25, -0.2) is 0 Å². The third-order valence-electron chi connectivity index (χ3n) is 4.11. The van der Waals surface area contributed by atoms with Crippen molar-refractivity contribution in [1.29, 1.82) is 0 Å². The summed E-state index contributed by atoms with van der Waals surface area (Å²) in [5.74, 6) is 0.673. The molecule has 0 aromatic carbocycles. The van der Waals surface area contributed by atoms with Crippen molar-refractivity contribution >= 4 is 11.8 Å². The molecule has 0 aromatic heterocycles. The summed E-state index contributed by atoms with van der Waals surface area (Å²) in [6.07, 6.45) is 6.87. The number of rotatable bonds is 1. The van der Waals surface area contributed by atoms with Gasteiger partial charge in [0.1, 0.15) is 0 Å². The number of carbonyl (C=O) groups excluding carboxylic acids is 2. The number of carbonyl (C=O) groups is 2. The van der Waals surface area contributed by atoms with E-state index in [1.54, 1.807) is 0 Å². The second-order valence-corrected chi connectivity index (χ2v) is 5.04. The molecule has 1 saturated heterocycles. The average Bonchev–Trinajstić information content (AvgIpc) is 2.39. The quantitative estimate of drug-likeness (QED) is 0.671. The lowest BCUT2D eigenvalue weighted by atomic mass is 9.78. The van der Waals surface area contributed by atoms with E-state index in [9.17, 15) is 9.59 Å². The first-order chi connectivity index (χ1) is 7.16. The lowest BCUT2D eigenvalue weighted by Gasteiger charge is -2.22. The first kappa shape index (κ1) is 10.7. The van der Waals surface area contributed by atoms with E-state index in [2.05, 4.69) is 12.2 Å². The van der Waals surface area contributed by atoms with Crippen molar-refractivity contribution in [3.63, 3.8) is 0 Å². The molecule has 2 unspecified atom stereocenters. The predicted molar refractivity (Wildman–Crippen MR) is 57.1 cm³/mol. The van der Waals surface area contributed by atoms with Gasteiger partial charge in [-0.3, -0.25) is 14.9 Å². The van der Waals surface area contributed by atoms with E-state index in [-0.39, 0.29) is 17.2 Å². The molecule has 0 radical (unpaired) electrons. The van der Waals surface area contributed by atoms with E-state index in [0.717, 1.165) is 31.6 Å². The van der Waals surface area contributed by atoms with Crippen molar-refractivity contribution in [2.45, 2.75) is 51.9 Å². The third-order valence-corrected chi connectivity index (χ3v) is 4.11. The fourth-order valence-corrected chi connectivity index (χ4v) is 2.98. The summed E-state index contributed by atoms with van der Waals surface area (Å²) in [5.41, 5.74) is -0.332. The van der Waals surface area contributed by atoms with Crippen molar-refractivity contribution in [2.75, 3.05) is 0 Å². The van der Waals surface area contributed by atoms with Crippen LogP contribution in [0.3, 0.4) is 0 Å². The lowest BCUT2D eigenvalue weighted by Crippen LogP contribution is -2.31. The van der Waals surface area contributed by atoms with Crippen LogP contribution in [-0.4, -0.2) is 11.8 Å². The summed E-state index contributed by atoms with van der Waals surface area (Å²) < 4.78 is 0. The SMILES string of the molecule is CCC1CCCC2(CC1)CC(=O)NC2=O. The van der Waals surface area contributed by atoms with Crippen LogP contribution >= 0.6 is 0 Å². The standard InChI is InChI=1S/C12H19NO2/c1-2-9-4-3-6-12(7-5-9)8-10(14)13-11(12)15/h9H,2-8H2,1H3,(H,13,14,15). The minimum absolute atomic E-state index is 0.00995. The predicted octanol–water partition coefficient (Wildman–Crippen LogP) is 2.01. The van der Waals surface area contributed by atoms with Crippen molar-refractivity contribution in [3.8, 4) is 0 Å². The molecule has 0 bridgehead atoms. The summed E-state index contributed by atoms with van der Waals surface area (Å²) in [6.45, 7) is 2.21. The van der Waals surface area contributed by atoms with Gasteiger partial charge in [0.15, 0.2) is 0 Å². The number of nitrogens with one attached hydrogen (secondary N) is 1. The maximum absolute atomic E-state index is 11.8. The average molecular weight is 209 g/mol. The summed E-state index contributed by atoms with van der Waals surface area (Å²) in [5, 5.41) is 2.46. The molecule has 2 aliphatic rings. The van der Waals surface area contributed by atoms with E-state index < -0.39 is 0 Å². The molecule has 2 amide bonds. The molecule has 1 saturated carbocycles. The molecule has 15 heavy (non-hydrogen) atoms. The Kier molecular flexibility index (Phi) is 2.81. The maximum atomic E-state index is 11.8. The zero-order chi connectivity index (χ0) is 10.9. The zero-order valence-corrected chi connectivity index (χ0v) is 9.34. The van der Waals surface area contributed by atoms with Gasteiger partial charge in [0.05, 0.1) is 5.41 Å². The van der Waals surface area contributed by atoms with Crippen molar-refractivity contribution in [1.82, 2.24) is 5.32 Å². The first-order valence-corrected chi connectivity index (χ1v) is 6.00. The summed E-state index contributed by atoms with van der Waals surface area (Å²) >= 11 is 0. The van der Waals surface area contributed by atoms with E-state index in [0.29, 0.717) is 6.42 Å². The second kappa shape index (κ2) is 3.95. The van der Waals surface area contributed by atoms with Crippen LogP contribution < -0.4 is 5.32 Å². The van der Waals surface area contributed by atoms with E-state index >= 15 is 0 Å². The number of hydrogen-bond acceptors (Lipinski definition) is 2. The molecule has 1 spiro atoms. The Hall–Kier alpha value is -0.860. The molecular weight excluding hydrogens is 190 g/mol. The highest BCUT2D eigenvalue weighted by atomic mass is 16.2. The van der Waals surface area contributed by atoms with Crippen molar-refractivity contribution in [2.24, 2.45) is 11.3 Å². The minimum atomic E-state index is -0.332. The normalized spacial score (nSPS) is 36.7. The largest absolute Gasteiger partial charge is 0.296 e.